The van der Waals surface area contributed by atoms with E-state index in [1.54, 1.807) is 6.92 Å². The van der Waals surface area contributed by atoms with Crippen molar-refractivity contribution in [2.75, 3.05) is 6.61 Å². The third-order valence-electron chi connectivity index (χ3n) is 4.82. The molecule has 29 heavy (non-hydrogen) atoms. The molecule has 2 aromatic carbocycles. The van der Waals surface area contributed by atoms with Crippen molar-refractivity contribution in [2.45, 2.75) is 52.7 Å². The second-order valence-corrected chi connectivity index (χ2v) is 7.24. The summed E-state index contributed by atoms with van der Waals surface area (Å²) in [5.41, 5.74) is 2.04. The number of amides is 2. The molecule has 6 heteroatoms. The van der Waals surface area contributed by atoms with E-state index in [9.17, 15) is 14.0 Å². The van der Waals surface area contributed by atoms with Gasteiger partial charge in [-0.15, -0.1) is 0 Å². The van der Waals surface area contributed by atoms with Crippen molar-refractivity contribution < 1.29 is 18.7 Å². The lowest BCUT2D eigenvalue weighted by molar-refractivity contribution is -0.142. The SMILES string of the molecule is CC[C@@H](C)NC(=O)[C@@H](C)N(Cc1ccc(C)cc1)C(=O)COc1ccc(F)cc1. The Morgan fingerprint density at radius 3 is 2.28 bits per heavy atom. The molecule has 0 saturated heterocycles. The topological polar surface area (TPSA) is 58.6 Å². The summed E-state index contributed by atoms with van der Waals surface area (Å²) < 4.78 is 18.5. The highest BCUT2D eigenvalue weighted by Gasteiger charge is 2.27. The summed E-state index contributed by atoms with van der Waals surface area (Å²) in [6, 6.07) is 12.7. The monoisotopic (exact) mass is 400 g/mol. The van der Waals surface area contributed by atoms with Gasteiger partial charge in [0.2, 0.25) is 5.91 Å². The van der Waals surface area contributed by atoms with Gasteiger partial charge in [-0.2, -0.15) is 0 Å². The third kappa shape index (κ3) is 6.89. The minimum atomic E-state index is -0.658. The predicted molar refractivity (Wildman–Crippen MR) is 111 cm³/mol. The van der Waals surface area contributed by atoms with E-state index in [4.69, 9.17) is 4.74 Å². The highest BCUT2D eigenvalue weighted by atomic mass is 19.1. The van der Waals surface area contributed by atoms with E-state index in [2.05, 4.69) is 5.32 Å². The number of nitrogens with one attached hydrogen (secondary N) is 1. The van der Waals surface area contributed by atoms with Crippen LogP contribution in [0, 0.1) is 12.7 Å². The zero-order chi connectivity index (χ0) is 21.4. The molecule has 0 fully saturated rings. The summed E-state index contributed by atoms with van der Waals surface area (Å²) >= 11 is 0. The van der Waals surface area contributed by atoms with Crippen LogP contribution in [0.2, 0.25) is 0 Å². The highest BCUT2D eigenvalue weighted by molar-refractivity contribution is 5.88. The number of benzene rings is 2. The van der Waals surface area contributed by atoms with Gasteiger partial charge in [-0.3, -0.25) is 9.59 Å². The Kier molecular flexibility index (Phi) is 8.19. The lowest BCUT2D eigenvalue weighted by atomic mass is 10.1. The van der Waals surface area contributed by atoms with Crippen molar-refractivity contribution >= 4 is 11.8 Å². The first-order valence-electron chi connectivity index (χ1n) is 9.84. The smallest absolute Gasteiger partial charge is 0.261 e. The highest BCUT2D eigenvalue weighted by Crippen LogP contribution is 2.14. The number of rotatable bonds is 9. The molecule has 156 valence electrons. The van der Waals surface area contributed by atoms with Crippen LogP contribution in [0.3, 0.4) is 0 Å². The van der Waals surface area contributed by atoms with Gasteiger partial charge in [-0.25, -0.2) is 4.39 Å². The van der Waals surface area contributed by atoms with Gasteiger partial charge >= 0.3 is 0 Å². The largest absolute Gasteiger partial charge is 0.484 e. The summed E-state index contributed by atoms with van der Waals surface area (Å²) in [5, 5.41) is 2.92. The molecule has 0 heterocycles. The Hall–Kier alpha value is -2.89. The van der Waals surface area contributed by atoms with E-state index in [1.807, 2.05) is 45.0 Å². The maximum absolute atomic E-state index is 13.0. The first kappa shape index (κ1) is 22.4. The summed E-state index contributed by atoms with van der Waals surface area (Å²) in [5.74, 6) is -0.505. The lowest BCUT2D eigenvalue weighted by Gasteiger charge is -2.29. The maximum atomic E-state index is 13.0. The molecule has 0 aromatic heterocycles. The average molecular weight is 400 g/mol. The van der Waals surface area contributed by atoms with Gasteiger partial charge in [0.15, 0.2) is 6.61 Å². The number of hydrogen-bond donors (Lipinski definition) is 1. The molecule has 0 aliphatic rings. The first-order chi connectivity index (χ1) is 13.8. The van der Waals surface area contributed by atoms with Crippen LogP contribution in [0.15, 0.2) is 48.5 Å². The number of halogens is 1. The second-order valence-electron chi connectivity index (χ2n) is 7.24. The zero-order valence-corrected chi connectivity index (χ0v) is 17.4. The van der Waals surface area contributed by atoms with Crippen molar-refractivity contribution in [3.8, 4) is 5.75 Å². The van der Waals surface area contributed by atoms with Crippen LogP contribution in [0.5, 0.6) is 5.75 Å². The molecule has 0 bridgehead atoms. The Balaban J connectivity index is 2.13. The summed E-state index contributed by atoms with van der Waals surface area (Å²) in [4.78, 5) is 27.0. The molecule has 1 N–H and O–H groups in total. The molecule has 0 spiro atoms. The molecular formula is C23H29FN2O3. The van der Waals surface area contributed by atoms with Gasteiger partial charge in [0, 0.05) is 12.6 Å². The van der Waals surface area contributed by atoms with Gasteiger partial charge in [-0.05, 0) is 57.0 Å². The van der Waals surface area contributed by atoms with Gasteiger partial charge < -0.3 is 15.0 Å². The molecule has 0 aliphatic heterocycles. The van der Waals surface area contributed by atoms with Crippen molar-refractivity contribution in [1.82, 2.24) is 10.2 Å². The number of ether oxygens (including phenoxy) is 1. The van der Waals surface area contributed by atoms with Gasteiger partial charge in [0.25, 0.3) is 5.91 Å². The fourth-order valence-corrected chi connectivity index (χ4v) is 2.70. The minimum absolute atomic E-state index is 0.0248. The summed E-state index contributed by atoms with van der Waals surface area (Å²) in [7, 11) is 0. The number of nitrogens with zero attached hydrogens (tertiary/aromatic N) is 1. The third-order valence-corrected chi connectivity index (χ3v) is 4.82. The standard InChI is InChI=1S/C23H29FN2O3/c1-5-17(3)25-23(28)18(4)26(14-19-8-6-16(2)7-9-19)22(27)15-29-21-12-10-20(24)11-13-21/h6-13,17-18H,5,14-15H2,1-4H3,(H,25,28)/t17-,18-/m1/s1. The van der Waals surface area contributed by atoms with Crippen LogP contribution in [0.4, 0.5) is 4.39 Å². The lowest BCUT2D eigenvalue weighted by Crippen LogP contribution is -2.50. The van der Waals surface area contributed by atoms with Crippen molar-refractivity contribution in [3.63, 3.8) is 0 Å². The Bertz CT molecular complexity index is 806. The minimum Gasteiger partial charge on any atom is -0.484 e. The molecule has 2 amide bonds. The molecule has 5 nitrogen and oxygen atoms in total. The van der Waals surface area contributed by atoms with Crippen LogP contribution in [-0.2, 0) is 16.1 Å². The number of carbonyl (C=O) groups is 2. The average Bonchev–Trinajstić information content (AvgIpc) is 2.72. The number of aryl methyl sites for hydroxylation is 1. The zero-order valence-electron chi connectivity index (χ0n) is 17.4. The summed E-state index contributed by atoms with van der Waals surface area (Å²) in [6.45, 7) is 7.67. The fourth-order valence-electron chi connectivity index (χ4n) is 2.70. The molecule has 2 rings (SSSR count). The van der Waals surface area contributed by atoms with E-state index >= 15 is 0 Å². The van der Waals surface area contributed by atoms with E-state index in [-0.39, 0.29) is 30.3 Å². The quantitative estimate of drug-likeness (QED) is 0.696. The Morgan fingerprint density at radius 1 is 1.07 bits per heavy atom. The van der Waals surface area contributed by atoms with Crippen LogP contribution in [-0.4, -0.2) is 35.4 Å². The summed E-state index contributed by atoms with van der Waals surface area (Å²) in [6.07, 6.45) is 0.804. The van der Waals surface area contributed by atoms with Crippen molar-refractivity contribution in [2.24, 2.45) is 0 Å². The second kappa shape index (κ2) is 10.6. The van der Waals surface area contributed by atoms with E-state index in [1.165, 1.54) is 29.2 Å². The van der Waals surface area contributed by atoms with E-state index in [0.717, 1.165) is 17.5 Å². The number of hydrogen-bond acceptors (Lipinski definition) is 3. The molecule has 0 aliphatic carbocycles. The van der Waals surface area contributed by atoms with Crippen LogP contribution >= 0.6 is 0 Å². The van der Waals surface area contributed by atoms with Crippen molar-refractivity contribution in [3.05, 3.63) is 65.5 Å². The fraction of sp³-hybridized carbons (Fsp3) is 0.391. The number of carbonyl (C=O) groups excluding carboxylic acids is 2. The molecule has 0 saturated carbocycles. The Labute approximate surface area is 171 Å². The van der Waals surface area contributed by atoms with Gasteiger partial charge in [0.05, 0.1) is 0 Å². The maximum Gasteiger partial charge on any atom is 0.261 e. The molecule has 0 unspecified atom stereocenters. The van der Waals surface area contributed by atoms with E-state index < -0.39 is 6.04 Å². The van der Waals surface area contributed by atoms with Crippen LogP contribution < -0.4 is 10.1 Å². The predicted octanol–water partition coefficient (Wildman–Crippen LogP) is 3.84. The van der Waals surface area contributed by atoms with Gasteiger partial charge in [-0.1, -0.05) is 36.8 Å². The molecule has 2 aromatic rings. The van der Waals surface area contributed by atoms with Crippen molar-refractivity contribution in [1.29, 1.82) is 0 Å². The van der Waals surface area contributed by atoms with E-state index in [0.29, 0.717) is 12.3 Å². The van der Waals surface area contributed by atoms with Crippen LogP contribution in [0.1, 0.15) is 38.3 Å². The normalized spacial score (nSPS) is 12.7. The van der Waals surface area contributed by atoms with Crippen LogP contribution in [0.25, 0.3) is 0 Å². The molecule has 0 radical (unpaired) electrons. The first-order valence-corrected chi connectivity index (χ1v) is 9.84. The molecule has 2 atom stereocenters. The Morgan fingerprint density at radius 2 is 1.69 bits per heavy atom. The molecular weight excluding hydrogens is 371 g/mol. The van der Waals surface area contributed by atoms with Gasteiger partial charge in [0.1, 0.15) is 17.6 Å².